The minimum Gasteiger partial charge on any atom is -0.504 e. The van der Waals surface area contributed by atoms with Crippen molar-refractivity contribution in [2.24, 2.45) is 5.10 Å². The number of nitrogens with zero attached hydrogens (tertiary/aromatic N) is 2. The van der Waals surface area contributed by atoms with Crippen molar-refractivity contribution in [3.8, 4) is 11.5 Å². The number of benzene rings is 3. The van der Waals surface area contributed by atoms with Gasteiger partial charge in [-0.05, 0) is 42.5 Å². The summed E-state index contributed by atoms with van der Waals surface area (Å²) in [6.07, 6.45) is 1.21. The van der Waals surface area contributed by atoms with Crippen molar-refractivity contribution in [1.29, 1.82) is 0 Å². The lowest BCUT2D eigenvalue weighted by Gasteiger charge is -2.24. The predicted molar refractivity (Wildman–Crippen MR) is 128 cm³/mol. The van der Waals surface area contributed by atoms with Gasteiger partial charge in [-0.1, -0.05) is 47.5 Å². The van der Waals surface area contributed by atoms with Crippen molar-refractivity contribution in [3.05, 3.63) is 82.3 Å². The van der Waals surface area contributed by atoms with Crippen molar-refractivity contribution < 1.29 is 23.1 Å². The fraction of sp³-hybridized carbons (Fsp3) is 0.0909. The lowest BCUT2D eigenvalue weighted by Crippen LogP contribution is -2.39. The molecule has 0 spiro atoms. The summed E-state index contributed by atoms with van der Waals surface area (Å²) in [5, 5.41) is 14.3. The molecule has 172 valence electrons. The van der Waals surface area contributed by atoms with Crippen LogP contribution in [0, 0.1) is 0 Å². The highest BCUT2D eigenvalue weighted by Gasteiger charge is 2.27. The number of anilines is 1. The third kappa shape index (κ3) is 5.75. The van der Waals surface area contributed by atoms with Crippen molar-refractivity contribution >= 4 is 51.0 Å². The number of para-hydroxylation sites is 1. The van der Waals surface area contributed by atoms with Gasteiger partial charge in [0.2, 0.25) is 0 Å². The second kappa shape index (κ2) is 10.6. The van der Waals surface area contributed by atoms with Crippen LogP contribution in [0.25, 0.3) is 0 Å². The summed E-state index contributed by atoms with van der Waals surface area (Å²) in [4.78, 5) is 12.6. The van der Waals surface area contributed by atoms with Crippen LogP contribution in [-0.4, -0.2) is 39.3 Å². The molecule has 11 heteroatoms. The molecule has 0 bridgehead atoms. The highest BCUT2D eigenvalue weighted by molar-refractivity contribution is 7.92. The normalized spacial score (nSPS) is 11.4. The third-order valence-corrected chi connectivity index (χ3v) is 6.98. The molecule has 3 aromatic carbocycles. The molecule has 0 aliphatic heterocycles. The van der Waals surface area contributed by atoms with Gasteiger partial charge < -0.3 is 9.84 Å². The van der Waals surface area contributed by atoms with Crippen LogP contribution < -0.4 is 14.5 Å². The molecule has 0 heterocycles. The van der Waals surface area contributed by atoms with Gasteiger partial charge in [-0.25, -0.2) is 13.8 Å². The molecule has 0 atom stereocenters. The number of amides is 1. The van der Waals surface area contributed by atoms with Crippen molar-refractivity contribution in [2.45, 2.75) is 4.90 Å². The second-order valence-corrected chi connectivity index (χ2v) is 9.29. The SMILES string of the molecule is COc1cccc(/C=N\NC(=O)CN(c2ccc(Cl)c(Cl)c2)S(=O)(=O)c2ccccc2)c1O. The van der Waals surface area contributed by atoms with Gasteiger partial charge in [0.05, 0.1) is 34.0 Å². The van der Waals surface area contributed by atoms with Crippen LogP contribution in [-0.2, 0) is 14.8 Å². The Morgan fingerprint density at radius 1 is 1.09 bits per heavy atom. The van der Waals surface area contributed by atoms with E-state index in [-0.39, 0.29) is 32.1 Å². The molecule has 33 heavy (non-hydrogen) atoms. The average Bonchev–Trinajstić information content (AvgIpc) is 2.81. The molecule has 3 aromatic rings. The minimum absolute atomic E-state index is 0.00585. The van der Waals surface area contributed by atoms with Crippen LogP contribution in [0.3, 0.4) is 0 Å². The Balaban J connectivity index is 1.86. The minimum atomic E-state index is -4.11. The zero-order valence-corrected chi connectivity index (χ0v) is 19.6. The van der Waals surface area contributed by atoms with E-state index in [1.165, 1.54) is 43.7 Å². The van der Waals surface area contributed by atoms with Gasteiger partial charge in [-0.15, -0.1) is 0 Å². The number of phenols is 1. The summed E-state index contributed by atoms with van der Waals surface area (Å²) in [5.74, 6) is -0.633. The molecule has 0 aliphatic carbocycles. The lowest BCUT2D eigenvalue weighted by atomic mass is 10.2. The van der Waals surface area contributed by atoms with Crippen LogP contribution >= 0.6 is 23.2 Å². The number of nitrogens with one attached hydrogen (secondary N) is 1. The summed E-state index contributed by atoms with van der Waals surface area (Å²) >= 11 is 12.0. The van der Waals surface area contributed by atoms with Crippen molar-refractivity contribution in [1.82, 2.24) is 5.43 Å². The first-order valence-corrected chi connectivity index (χ1v) is 11.6. The molecule has 0 saturated carbocycles. The molecule has 3 rings (SSSR count). The van der Waals surface area contributed by atoms with Crippen molar-refractivity contribution in [3.63, 3.8) is 0 Å². The molecule has 0 aromatic heterocycles. The lowest BCUT2D eigenvalue weighted by molar-refractivity contribution is -0.119. The van der Waals surface area contributed by atoms with Gasteiger partial charge in [0.25, 0.3) is 15.9 Å². The first kappa shape index (κ1) is 24.4. The quantitative estimate of drug-likeness (QED) is 0.353. The van der Waals surface area contributed by atoms with Gasteiger partial charge in [0.15, 0.2) is 11.5 Å². The molecular formula is C22H19Cl2N3O5S. The first-order chi connectivity index (χ1) is 15.7. The number of carbonyl (C=O) groups excluding carboxylic acids is 1. The molecule has 0 unspecified atom stereocenters. The Hall–Kier alpha value is -3.27. The van der Waals surface area contributed by atoms with E-state index in [0.29, 0.717) is 5.56 Å². The van der Waals surface area contributed by atoms with E-state index < -0.39 is 22.5 Å². The van der Waals surface area contributed by atoms with E-state index in [1.807, 2.05) is 0 Å². The fourth-order valence-corrected chi connectivity index (χ4v) is 4.55. The first-order valence-electron chi connectivity index (χ1n) is 9.44. The van der Waals surface area contributed by atoms with Crippen LogP contribution in [0.15, 0.2) is 76.7 Å². The number of sulfonamides is 1. The number of rotatable bonds is 8. The van der Waals surface area contributed by atoms with E-state index in [4.69, 9.17) is 27.9 Å². The number of halogens is 2. The van der Waals surface area contributed by atoms with Crippen LogP contribution in [0.4, 0.5) is 5.69 Å². The highest BCUT2D eigenvalue weighted by atomic mass is 35.5. The Morgan fingerprint density at radius 3 is 2.48 bits per heavy atom. The Labute approximate surface area is 201 Å². The van der Waals surface area contributed by atoms with E-state index >= 15 is 0 Å². The van der Waals surface area contributed by atoms with Gasteiger partial charge >= 0.3 is 0 Å². The number of aromatic hydroxyl groups is 1. The second-order valence-electron chi connectivity index (χ2n) is 6.61. The molecular weight excluding hydrogens is 489 g/mol. The van der Waals surface area contributed by atoms with E-state index in [1.54, 1.807) is 36.4 Å². The summed E-state index contributed by atoms with van der Waals surface area (Å²) in [5.41, 5.74) is 2.71. The third-order valence-electron chi connectivity index (χ3n) is 4.45. The molecule has 0 radical (unpaired) electrons. The van der Waals surface area contributed by atoms with Crippen LogP contribution in [0.1, 0.15) is 5.56 Å². The number of phenolic OH excluding ortho intramolecular Hbond substituents is 1. The smallest absolute Gasteiger partial charge is 0.264 e. The molecule has 0 saturated heterocycles. The van der Waals surface area contributed by atoms with Gasteiger partial charge in [-0.3, -0.25) is 9.10 Å². The maximum absolute atomic E-state index is 13.3. The number of hydrogen-bond donors (Lipinski definition) is 2. The maximum Gasteiger partial charge on any atom is 0.264 e. The van der Waals surface area contributed by atoms with Crippen molar-refractivity contribution in [2.75, 3.05) is 18.0 Å². The molecule has 1 amide bonds. The van der Waals surface area contributed by atoms with Gasteiger partial charge in [0, 0.05) is 5.56 Å². The summed E-state index contributed by atoms with van der Waals surface area (Å²) in [6.45, 7) is -0.587. The zero-order valence-electron chi connectivity index (χ0n) is 17.3. The Bertz CT molecular complexity index is 1280. The topological polar surface area (TPSA) is 108 Å². The number of methoxy groups -OCH3 is 1. The summed E-state index contributed by atoms with van der Waals surface area (Å²) in [6, 6.07) is 16.7. The monoisotopic (exact) mass is 507 g/mol. The number of ether oxygens (including phenoxy) is 1. The maximum atomic E-state index is 13.3. The van der Waals surface area contributed by atoms with Crippen LogP contribution in [0.2, 0.25) is 10.0 Å². The Morgan fingerprint density at radius 2 is 1.82 bits per heavy atom. The molecule has 2 N–H and O–H groups in total. The van der Waals surface area contributed by atoms with E-state index in [0.717, 1.165) is 4.31 Å². The fourth-order valence-electron chi connectivity index (χ4n) is 2.82. The van der Waals surface area contributed by atoms with Gasteiger partial charge in [-0.2, -0.15) is 5.10 Å². The summed E-state index contributed by atoms with van der Waals surface area (Å²) in [7, 11) is -2.70. The summed E-state index contributed by atoms with van der Waals surface area (Å²) < 4.78 is 32.4. The van der Waals surface area contributed by atoms with Gasteiger partial charge in [0.1, 0.15) is 6.54 Å². The highest BCUT2D eigenvalue weighted by Crippen LogP contribution is 2.30. The van der Waals surface area contributed by atoms with Crippen LogP contribution in [0.5, 0.6) is 11.5 Å². The Kier molecular flexibility index (Phi) is 7.80. The largest absolute Gasteiger partial charge is 0.504 e. The molecule has 8 nitrogen and oxygen atoms in total. The average molecular weight is 508 g/mol. The standard InChI is InChI=1S/C22H19Cl2N3O5S/c1-32-20-9-5-6-15(22(20)29)13-25-26-21(28)14-27(16-10-11-18(23)19(24)12-16)33(30,31)17-7-3-2-4-8-17/h2-13,29H,14H2,1H3,(H,26,28)/b25-13-. The van der Waals surface area contributed by atoms with E-state index in [2.05, 4.69) is 10.5 Å². The number of carbonyl (C=O) groups is 1. The molecule has 0 aliphatic rings. The zero-order chi connectivity index (χ0) is 24.0. The van der Waals surface area contributed by atoms with E-state index in [9.17, 15) is 18.3 Å². The number of hydrazone groups is 1. The predicted octanol–water partition coefficient (Wildman–Crippen LogP) is 4.05. The number of hydrogen-bond acceptors (Lipinski definition) is 6. The molecule has 0 fully saturated rings.